The van der Waals surface area contributed by atoms with Crippen molar-refractivity contribution >= 4 is 0 Å². The molecule has 2 atom stereocenters. The van der Waals surface area contributed by atoms with E-state index in [0.29, 0.717) is 23.5 Å². The number of rotatable bonds is 6. The number of nitrogens with one attached hydrogen (secondary N) is 1. The van der Waals surface area contributed by atoms with E-state index < -0.39 is 0 Å². The molecule has 0 bridgehead atoms. The van der Waals surface area contributed by atoms with Gasteiger partial charge < -0.3 is 19.9 Å². The van der Waals surface area contributed by atoms with E-state index in [1.807, 2.05) is 12.1 Å². The number of aromatic hydroxyl groups is 1. The summed E-state index contributed by atoms with van der Waals surface area (Å²) in [6, 6.07) is 4.18. The van der Waals surface area contributed by atoms with E-state index in [-0.39, 0.29) is 5.75 Å². The van der Waals surface area contributed by atoms with Crippen LogP contribution < -0.4 is 14.8 Å². The summed E-state index contributed by atoms with van der Waals surface area (Å²) >= 11 is 0. The van der Waals surface area contributed by atoms with Crippen molar-refractivity contribution in [2.24, 2.45) is 5.92 Å². The van der Waals surface area contributed by atoms with Crippen LogP contribution in [0.3, 0.4) is 0 Å². The molecule has 1 unspecified atom stereocenters. The number of nitrogens with zero attached hydrogens (tertiary/aromatic N) is 1. The van der Waals surface area contributed by atoms with Gasteiger partial charge >= 0.3 is 0 Å². The molecule has 1 aromatic carbocycles. The van der Waals surface area contributed by atoms with E-state index >= 15 is 0 Å². The van der Waals surface area contributed by atoms with E-state index in [1.165, 1.54) is 0 Å². The Morgan fingerprint density at radius 3 is 2.18 bits per heavy atom. The quantitative estimate of drug-likeness (QED) is 0.845. The van der Waals surface area contributed by atoms with Crippen LogP contribution in [0.25, 0.3) is 0 Å². The SMILES string of the molecule is CCC(C)[C@H](c1cc(OC)c(O)c(OC)c1)N1CCNCC1. The standard InChI is InChI=1S/C17H28N2O3/c1-5-12(2)16(19-8-6-18-7-9-19)13-10-14(21-3)17(20)15(11-13)22-4/h10-12,16,18,20H,5-9H2,1-4H3/t12?,16-/m1/s1. The van der Waals surface area contributed by atoms with Gasteiger partial charge in [-0.1, -0.05) is 20.3 Å². The summed E-state index contributed by atoms with van der Waals surface area (Å²) in [5.41, 5.74) is 1.14. The van der Waals surface area contributed by atoms with E-state index in [2.05, 4.69) is 24.1 Å². The topological polar surface area (TPSA) is 54.0 Å². The van der Waals surface area contributed by atoms with Crippen LogP contribution in [0.1, 0.15) is 31.9 Å². The van der Waals surface area contributed by atoms with Crippen molar-refractivity contribution in [3.05, 3.63) is 17.7 Å². The van der Waals surface area contributed by atoms with Gasteiger partial charge in [-0.2, -0.15) is 0 Å². The van der Waals surface area contributed by atoms with Crippen molar-refractivity contribution in [3.8, 4) is 17.2 Å². The van der Waals surface area contributed by atoms with Gasteiger partial charge in [0.1, 0.15) is 0 Å². The van der Waals surface area contributed by atoms with Crippen molar-refractivity contribution in [1.29, 1.82) is 0 Å². The number of benzene rings is 1. The molecule has 1 heterocycles. The molecule has 1 fully saturated rings. The van der Waals surface area contributed by atoms with Crippen LogP contribution in [0.2, 0.25) is 0 Å². The Bertz CT molecular complexity index is 462. The lowest BCUT2D eigenvalue weighted by molar-refractivity contribution is 0.128. The molecular formula is C17H28N2O3. The lowest BCUT2D eigenvalue weighted by atomic mass is 9.90. The molecule has 0 aromatic heterocycles. The zero-order valence-electron chi connectivity index (χ0n) is 14.1. The van der Waals surface area contributed by atoms with Crippen molar-refractivity contribution in [2.45, 2.75) is 26.3 Å². The van der Waals surface area contributed by atoms with E-state index in [1.54, 1.807) is 14.2 Å². The fourth-order valence-corrected chi connectivity index (χ4v) is 3.17. The van der Waals surface area contributed by atoms with Crippen molar-refractivity contribution in [3.63, 3.8) is 0 Å². The van der Waals surface area contributed by atoms with Crippen LogP contribution in [-0.2, 0) is 0 Å². The van der Waals surface area contributed by atoms with Crippen LogP contribution in [-0.4, -0.2) is 50.4 Å². The zero-order chi connectivity index (χ0) is 16.1. The fraction of sp³-hybridized carbons (Fsp3) is 0.647. The van der Waals surface area contributed by atoms with Crippen LogP contribution in [0.4, 0.5) is 0 Å². The number of methoxy groups -OCH3 is 2. The number of piperazine rings is 1. The normalized spacial score (nSPS) is 18.7. The third kappa shape index (κ3) is 3.47. The van der Waals surface area contributed by atoms with Crippen molar-refractivity contribution in [2.75, 3.05) is 40.4 Å². The highest BCUT2D eigenvalue weighted by atomic mass is 16.5. The number of phenolic OH excluding ortho intramolecular Hbond substituents is 1. The Kier molecular flexibility index (Phi) is 5.91. The molecule has 1 aromatic rings. The van der Waals surface area contributed by atoms with Gasteiger partial charge in [0.25, 0.3) is 0 Å². The molecule has 124 valence electrons. The molecule has 0 aliphatic carbocycles. The monoisotopic (exact) mass is 308 g/mol. The van der Waals surface area contributed by atoms with Gasteiger partial charge in [0.15, 0.2) is 11.5 Å². The summed E-state index contributed by atoms with van der Waals surface area (Å²) in [6.07, 6.45) is 1.10. The first-order valence-electron chi connectivity index (χ1n) is 8.02. The molecule has 1 aliphatic heterocycles. The van der Waals surface area contributed by atoms with Crippen molar-refractivity contribution in [1.82, 2.24) is 10.2 Å². The Labute approximate surface area is 133 Å². The molecule has 22 heavy (non-hydrogen) atoms. The van der Waals surface area contributed by atoms with Gasteiger partial charge in [0.2, 0.25) is 5.75 Å². The summed E-state index contributed by atoms with van der Waals surface area (Å²) in [6.45, 7) is 8.58. The molecule has 1 saturated heterocycles. The first-order chi connectivity index (χ1) is 10.6. The highest BCUT2D eigenvalue weighted by Gasteiger charge is 2.28. The Morgan fingerprint density at radius 1 is 1.18 bits per heavy atom. The van der Waals surface area contributed by atoms with E-state index in [9.17, 15) is 5.11 Å². The average molecular weight is 308 g/mol. The number of phenols is 1. The maximum Gasteiger partial charge on any atom is 0.200 e. The second-order valence-corrected chi connectivity index (χ2v) is 5.89. The van der Waals surface area contributed by atoms with Gasteiger partial charge in [-0.3, -0.25) is 4.90 Å². The van der Waals surface area contributed by atoms with Crippen LogP contribution in [0, 0.1) is 5.92 Å². The molecular weight excluding hydrogens is 280 g/mol. The predicted molar refractivity (Wildman–Crippen MR) is 87.8 cm³/mol. The van der Waals surface area contributed by atoms with Gasteiger partial charge in [0, 0.05) is 32.2 Å². The molecule has 0 spiro atoms. The van der Waals surface area contributed by atoms with Gasteiger partial charge in [-0.05, 0) is 23.6 Å². The summed E-state index contributed by atoms with van der Waals surface area (Å²) in [5, 5.41) is 13.5. The maximum atomic E-state index is 10.1. The Morgan fingerprint density at radius 2 is 1.73 bits per heavy atom. The van der Waals surface area contributed by atoms with Gasteiger partial charge in [0.05, 0.1) is 14.2 Å². The highest BCUT2D eigenvalue weighted by molar-refractivity contribution is 5.53. The van der Waals surface area contributed by atoms with E-state index in [0.717, 1.165) is 38.2 Å². The molecule has 0 amide bonds. The second-order valence-electron chi connectivity index (χ2n) is 5.89. The fourth-order valence-electron chi connectivity index (χ4n) is 3.17. The summed E-state index contributed by atoms with van der Waals surface area (Å²) in [4.78, 5) is 2.51. The van der Waals surface area contributed by atoms with E-state index in [4.69, 9.17) is 9.47 Å². The number of hydrogen-bond donors (Lipinski definition) is 2. The molecule has 2 rings (SSSR count). The smallest absolute Gasteiger partial charge is 0.200 e. The lowest BCUT2D eigenvalue weighted by Gasteiger charge is -2.38. The molecule has 2 N–H and O–H groups in total. The minimum absolute atomic E-state index is 0.0666. The lowest BCUT2D eigenvalue weighted by Crippen LogP contribution is -2.46. The highest BCUT2D eigenvalue weighted by Crippen LogP contribution is 2.42. The van der Waals surface area contributed by atoms with Crippen LogP contribution in [0.5, 0.6) is 17.2 Å². The predicted octanol–water partition coefficient (Wildman–Crippen LogP) is 2.40. The molecule has 5 nitrogen and oxygen atoms in total. The Balaban J connectivity index is 2.41. The third-order valence-electron chi connectivity index (χ3n) is 4.57. The van der Waals surface area contributed by atoms with Gasteiger partial charge in [-0.25, -0.2) is 0 Å². The first kappa shape index (κ1) is 16.9. The van der Waals surface area contributed by atoms with Gasteiger partial charge in [-0.15, -0.1) is 0 Å². The summed E-state index contributed by atoms with van der Waals surface area (Å²) in [5.74, 6) is 1.52. The third-order valence-corrected chi connectivity index (χ3v) is 4.57. The molecule has 0 saturated carbocycles. The first-order valence-corrected chi connectivity index (χ1v) is 8.02. The minimum Gasteiger partial charge on any atom is -0.502 e. The summed E-state index contributed by atoms with van der Waals surface area (Å²) < 4.78 is 10.6. The molecule has 1 aliphatic rings. The number of hydrogen-bond acceptors (Lipinski definition) is 5. The van der Waals surface area contributed by atoms with Crippen LogP contribution >= 0.6 is 0 Å². The number of ether oxygens (including phenoxy) is 2. The minimum atomic E-state index is 0.0666. The van der Waals surface area contributed by atoms with Crippen molar-refractivity contribution < 1.29 is 14.6 Å². The van der Waals surface area contributed by atoms with Crippen LogP contribution in [0.15, 0.2) is 12.1 Å². The molecule has 0 radical (unpaired) electrons. The Hall–Kier alpha value is -1.46. The second kappa shape index (κ2) is 7.70. The largest absolute Gasteiger partial charge is 0.502 e. The zero-order valence-corrected chi connectivity index (χ0v) is 14.1. The summed E-state index contributed by atoms with van der Waals surface area (Å²) in [7, 11) is 3.14. The average Bonchev–Trinajstić information content (AvgIpc) is 2.56. The molecule has 5 heteroatoms. The maximum absolute atomic E-state index is 10.1.